The van der Waals surface area contributed by atoms with E-state index >= 15 is 0 Å². The lowest BCUT2D eigenvalue weighted by molar-refractivity contribution is -0.359. The van der Waals surface area contributed by atoms with Gasteiger partial charge in [0.1, 0.15) is 48.8 Å². The molecule has 12 unspecified atom stereocenters. The van der Waals surface area contributed by atoms with Gasteiger partial charge >= 0.3 is 0 Å². The van der Waals surface area contributed by atoms with Gasteiger partial charge in [0.15, 0.2) is 12.6 Å². The number of aliphatic hydroxyl groups excluding tert-OH is 8. The largest absolute Gasteiger partial charge is 0.394 e. The zero-order chi connectivity index (χ0) is 55.3. The van der Waals surface area contributed by atoms with Crippen molar-refractivity contribution >= 4 is 5.91 Å². The monoisotopic (exact) mass is 1080 g/mol. The standard InChI is InChI=1S/C62H113NO13/c1-3-5-7-9-11-13-15-17-19-21-22-23-24-25-26-27-28-29-30-31-33-35-37-39-41-43-45-51(66)50(63-54(67)46-44-42-40-38-36-34-32-20-18-16-14-12-10-8-6-4-2)49-73-61-59(72)57(70)60(53(48-65)75-61)76-62-58(71)56(69)55(68)52(47-64)74-62/h14,16,20,32,35,37,43,45,50-53,55-62,64-66,68-72H,3-13,15,17-19,21-31,33-34,36,38-42,44,46-49H2,1-2H3,(H,63,67)/b16-14-,32-20-,37-35+,45-43+. The molecule has 2 saturated heterocycles. The topological polar surface area (TPSA) is 228 Å². The number of amides is 1. The van der Waals surface area contributed by atoms with E-state index in [2.05, 4.69) is 55.6 Å². The SMILES string of the molecule is CCCCCC/C=C\C/C=C\CCCCCCCC(=O)NC(COC1OC(CO)C(OC2OC(CO)C(O)C(O)C2O)C(O)C1O)C(O)/C=C/CC/C=C/CCCCCCCCCCCCCCCCCCCCCC. The Morgan fingerprint density at radius 2 is 0.882 bits per heavy atom. The maximum absolute atomic E-state index is 13.2. The fraction of sp³-hybridized carbons (Fsp3) is 0.855. The molecular formula is C62H113NO13. The molecule has 76 heavy (non-hydrogen) atoms. The Balaban J connectivity index is 1.76. The summed E-state index contributed by atoms with van der Waals surface area (Å²) in [4.78, 5) is 13.2. The maximum atomic E-state index is 13.2. The summed E-state index contributed by atoms with van der Waals surface area (Å²) < 4.78 is 22.8. The first-order chi connectivity index (χ1) is 37.1. The lowest BCUT2D eigenvalue weighted by atomic mass is 9.97. The van der Waals surface area contributed by atoms with Crippen molar-refractivity contribution in [1.82, 2.24) is 5.32 Å². The van der Waals surface area contributed by atoms with E-state index in [4.69, 9.17) is 18.9 Å². The van der Waals surface area contributed by atoms with Crippen molar-refractivity contribution in [3.8, 4) is 0 Å². The van der Waals surface area contributed by atoms with Crippen molar-refractivity contribution in [3.05, 3.63) is 48.6 Å². The molecule has 0 radical (unpaired) electrons. The Morgan fingerprint density at radius 3 is 1.38 bits per heavy atom. The van der Waals surface area contributed by atoms with Crippen LogP contribution in [0.2, 0.25) is 0 Å². The Hall–Kier alpha value is -2.05. The maximum Gasteiger partial charge on any atom is 0.220 e. The smallest absolute Gasteiger partial charge is 0.220 e. The Labute approximate surface area is 461 Å². The summed E-state index contributed by atoms with van der Waals surface area (Å²) in [6.45, 7) is 2.77. The van der Waals surface area contributed by atoms with Crippen molar-refractivity contribution in [3.63, 3.8) is 0 Å². The molecule has 2 aliphatic heterocycles. The third-order valence-electron chi connectivity index (χ3n) is 15.0. The minimum Gasteiger partial charge on any atom is -0.394 e. The molecule has 12 atom stereocenters. The number of rotatable bonds is 49. The van der Waals surface area contributed by atoms with E-state index in [1.54, 1.807) is 6.08 Å². The van der Waals surface area contributed by atoms with Crippen LogP contribution in [-0.4, -0.2) is 140 Å². The highest BCUT2D eigenvalue weighted by molar-refractivity contribution is 5.76. The number of carbonyl (C=O) groups is 1. The first kappa shape index (κ1) is 70.1. The van der Waals surface area contributed by atoms with Crippen LogP contribution in [0, 0.1) is 0 Å². The second-order valence-electron chi connectivity index (χ2n) is 21.8. The molecule has 2 heterocycles. The Bertz CT molecular complexity index is 1460. The van der Waals surface area contributed by atoms with Crippen LogP contribution in [0.5, 0.6) is 0 Å². The molecular weight excluding hydrogens is 967 g/mol. The van der Waals surface area contributed by atoms with Crippen LogP contribution < -0.4 is 5.32 Å². The molecule has 444 valence electrons. The molecule has 0 aromatic carbocycles. The molecule has 0 saturated carbocycles. The lowest BCUT2D eigenvalue weighted by Crippen LogP contribution is -2.65. The number of ether oxygens (including phenoxy) is 4. The van der Waals surface area contributed by atoms with Crippen molar-refractivity contribution in [2.45, 2.75) is 319 Å². The van der Waals surface area contributed by atoms with Gasteiger partial charge in [-0.25, -0.2) is 0 Å². The zero-order valence-corrected chi connectivity index (χ0v) is 47.7. The van der Waals surface area contributed by atoms with Gasteiger partial charge in [-0.05, 0) is 64.2 Å². The second kappa shape index (κ2) is 47.7. The van der Waals surface area contributed by atoms with Crippen LogP contribution in [-0.2, 0) is 23.7 Å². The molecule has 2 fully saturated rings. The zero-order valence-electron chi connectivity index (χ0n) is 47.7. The molecule has 2 rings (SSSR count). The average Bonchev–Trinajstić information content (AvgIpc) is 3.42. The molecule has 0 aromatic heterocycles. The van der Waals surface area contributed by atoms with Crippen LogP contribution in [0.25, 0.3) is 0 Å². The van der Waals surface area contributed by atoms with Gasteiger partial charge in [0.2, 0.25) is 5.91 Å². The minimum absolute atomic E-state index is 0.257. The highest BCUT2D eigenvalue weighted by Crippen LogP contribution is 2.30. The van der Waals surface area contributed by atoms with E-state index in [0.29, 0.717) is 12.8 Å². The van der Waals surface area contributed by atoms with Gasteiger partial charge in [-0.3, -0.25) is 4.79 Å². The number of hydrogen-bond acceptors (Lipinski definition) is 13. The number of aliphatic hydroxyl groups is 8. The minimum atomic E-state index is -1.79. The van der Waals surface area contributed by atoms with Gasteiger partial charge in [0.05, 0.1) is 32.0 Å². The average molecular weight is 1080 g/mol. The molecule has 0 aromatic rings. The van der Waals surface area contributed by atoms with Gasteiger partial charge in [-0.1, -0.05) is 223 Å². The molecule has 2 aliphatic rings. The predicted molar refractivity (Wildman–Crippen MR) is 304 cm³/mol. The van der Waals surface area contributed by atoms with E-state index in [-0.39, 0.29) is 18.9 Å². The Morgan fingerprint density at radius 1 is 0.474 bits per heavy atom. The summed E-state index contributed by atoms with van der Waals surface area (Å²) in [5.74, 6) is -0.262. The van der Waals surface area contributed by atoms with E-state index in [9.17, 15) is 45.6 Å². The summed E-state index contributed by atoms with van der Waals surface area (Å²) in [5.41, 5.74) is 0. The highest BCUT2D eigenvalue weighted by atomic mass is 16.7. The second-order valence-corrected chi connectivity index (χ2v) is 21.8. The molecule has 0 bridgehead atoms. The first-order valence-corrected chi connectivity index (χ1v) is 30.9. The quantitative estimate of drug-likeness (QED) is 0.0204. The third kappa shape index (κ3) is 32.9. The number of unbranched alkanes of at least 4 members (excludes halogenated alkanes) is 30. The molecule has 0 aliphatic carbocycles. The van der Waals surface area contributed by atoms with Crippen molar-refractivity contribution in [1.29, 1.82) is 0 Å². The van der Waals surface area contributed by atoms with Crippen LogP contribution in [0.3, 0.4) is 0 Å². The number of allylic oxidation sites excluding steroid dienone is 7. The normalized spacial score (nSPS) is 25.2. The van der Waals surface area contributed by atoms with Crippen LogP contribution in [0.4, 0.5) is 0 Å². The van der Waals surface area contributed by atoms with Gasteiger partial charge in [-0.2, -0.15) is 0 Å². The number of hydrogen-bond donors (Lipinski definition) is 9. The van der Waals surface area contributed by atoms with Crippen molar-refractivity contribution < 1.29 is 64.6 Å². The Kier molecular flexibility index (Phi) is 44.0. The van der Waals surface area contributed by atoms with Crippen molar-refractivity contribution in [2.24, 2.45) is 0 Å². The fourth-order valence-electron chi connectivity index (χ4n) is 9.99. The number of carbonyl (C=O) groups excluding carboxylic acids is 1. The number of nitrogens with one attached hydrogen (secondary N) is 1. The van der Waals surface area contributed by atoms with Crippen LogP contribution in [0.1, 0.15) is 245 Å². The van der Waals surface area contributed by atoms with Crippen LogP contribution in [0.15, 0.2) is 48.6 Å². The van der Waals surface area contributed by atoms with Crippen molar-refractivity contribution in [2.75, 3.05) is 19.8 Å². The lowest BCUT2D eigenvalue weighted by Gasteiger charge is -2.46. The molecule has 14 heteroatoms. The molecule has 14 nitrogen and oxygen atoms in total. The van der Waals surface area contributed by atoms with E-state index in [1.165, 1.54) is 154 Å². The van der Waals surface area contributed by atoms with E-state index in [0.717, 1.165) is 57.8 Å². The summed E-state index contributed by atoms with van der Waals surface area (Å²) >= 11 is 0. The van der Waals surface area contributed by atoms with Gasteiger partial charge < -0.3 is 65.1 Å². The first-order valence-electron chi connectivity index (χ1n) is 30.9. The van der Waals surface area contributed by atoms with Crippen LogP contribution >= 0.6 is 0 Å². The summed E-state index contributed by atoms with van der Waals surface area (Å²) in [6, 6.07) is -0.940. The molecule has 0 spiro atoms. The van der Waals surface area contributed by atoms with E-state index in [1.807, 2.05) is 6.08 Å². The molecule has 1 amide bonds. The third-order valence-corrected chi connectivity index (χ3v) is 15.0. The highest BCUT2D eigenvalue weighted by Gasteiger charge is 2.51. The summed E-state index contributed by atoms with van der Waals surface area (Å²) in [5, 5.41) is 87.1. The predicted octanol–water partition coefficient (Wildman–Crippen LogP) is 10.8. The van der Waals surface area contributed by atoms with Gasteiger partial charge in [0.25, 0.3) is 0 Å². The summed E-state index contributed by atoms with van der Waals surface area (Å²) in [6.07, 6.45) is 43.0. The van der Waals surface area contributed by atoms with Gasteiger partial charge in [-0.15, -0.1) is 0 Å². The van der Waals surface area contributed by atoms with E-state index < -0.39 is 86.8 Å². The summed E-state index contributed by atoms with van der Waals surface area (Å²) in [7, 11) is 0. The fourth-order valence-corrected chi connectivity index (χ4v) is 9.99. The molecule has 9 N–H and O–H groups in total. The van der Waals surface area contributed by atoms with Gasteiger partial charge in [0, 0.05) is 6.42 Å².